The maximum atomic E-state index is 11.3. The number of halogens is 1. The maximum absolute atomic E-state index is 11.3. The van der Waals surface area contributed by atoms with Crippen LogP contribution in [0.5, 0.6) is 5.75 Å². The van der Waals surface area contributed by atoms with Gasteiger partial charge in [0.25, 0.3) is 0 Å². The normalized spacial score (nSPS) is 11.5. The van der Waals surface area contributed by atoms with Crippen LogP contribution in [0.25, 0.3) is 0 Å². The van der Waals surface area contributed by atoms with Crippen molar-refractivity contribution in [1.29, 1.82) is 0 Å². The van der Waals surface area contributed by atoms with Crippen LogP contribution >= 0.6 is 15.9 Å². The second-order valence-electron chi connectivity index (χ2n) is 2.32. The third-order valence-corrected chi connectivity index (χ3v) is 3.42. The van der Waals surface area contributed by atoms with Crippen molar-refractivity contribution in [2.75, 3.05) is 7.05 Å². The van der Waals surface area contributed by atoms with E-state index in [4.69, 9.17) is 0 Å². The molecule has 0 spiro atoms. The molecule has 2 N–H and O–H groups in total. The molecular formula is C7H8BrNO3S. The van der Waals surface area contributed by atoms with Crippen molar-refractivity contribution in [3.05, 3.63) is 22.7 Å². The third-order valence-electron chi connectivity index (χ3n) is 1.48. The van der Waals surface area contributed by atoms with Gasteiger partial charge in [0.05, 0.1) is 0 Å². The zero-order chi connectivity index (χ0) is 10.1. The van der Waals surface area contributed by atoms with Gasteiger partial charge in [-0.1, -0.05) is 15.9 Å². The van der Waals surface area contributed by atoms with E-state index in [9.17, 15) is 13.5 Å². The van der Waals surface area contributed by atoms with Crippen LogP contribution in [0, 0.1) is 0 Å². The highest BCUT2D eigenvalue weighted by atomic mass is 79.9. The number of phenolic OH excluding ortho intramolecular Hbond substituents is 1. The van der Waals surface area contributed by atoms with Gasteiger partial charge in [-0.25, -0.2) is 13.1 Å². The van der Waals surface area contributed by atoms with E-state index in [0.29, 0.717) is 4.47 Å². The molecule has 0 saturated heterocycles. The van der Waals surface area contributed by atoms with Crippen molar-refractivity contribution in [3.63, 3.8) is 0 Å². The van der Waals surface area contributed by atoms with E-state index in [1.54, 1.807) is 6.07 Å². The van der Waals surface area contributed by atoms with Gasteiger partial charge in [-0.15, -0.1) is 0 Å². The Bertz CT molecular complexity index is 416. The Balaban J connectivity index is 3.38. The van der Waals surface area contributed by atoms with E-state index >= 15 is 0 Å². The number of sulfonamides is 1. The molecule has 0 amide bonds. The van der Waals surface area contributed by atoms with Gasteiger partial charge in [0.15, 0.2) is 0 Å². The molecule has 72 valence electrons. The Morgan fingerprint density at radius 2 is 2.08 bits per heavy atom. The summed E-state index contributed by atoms with van der Waals surface area (Å²) in [5.41, 5.74) is 0. The zero-order valence-corrected chi connectivity index (χ0v) is 9.18. The van der Waals surface area contributed by atoms with Gasteiger partial charge in [-0.3, -0.25) is 0 Å². The van der Waals surface area contributed by atoms with Gasteiger partial charge in [0.2, 0.25) is 10.0 Å². The van der Waals surface area contributed by atoms with Crippen LogP contribution in [0.1, 0.15) is 0 Å². The molecule has 1 rings (SSSR count). The number of benzene rings is 1. The molecule has 0 heterocycles. The van der Waals surface area contributed by atoms with Crippen molar-refractivity contribution >= 4 is 26.0 Å². The minimum absolute atomic E-state index is 0.135. The second-order valence-corrected chi connectivity index (χ2v) is 5.09. The van der Waals surface area contributed by atoms with Crippen LogP contribution in [-0.2, 0) is 10.0 Å². The summed E-state index contributed by atoms with van der Waals surface area (Å²) in [6.45, 7) is 0. The van der Waals surface area contributed by atoms with Gasteiger partial charge in [0, 0.05) is 4.47 Å². The minimum atomic E-state index is -3.58. The highest BCUT2D eigenvalue weighted by Crippen LogP contribution is 2.25. The average molecular weight is 266 g/mol. The molecule has 0 aromatic heterocycles. The molecule has 1 aromatic rings. The first kappa shape index (κ1) is 10.5. The number of hydrogen-bond donors (Lipinski definition) is 2. The maximum Gasteiger partial charge on any atom is 0.244 e. The van der Waals surface area contributed by atoms with Crippen molar-refractivity contribution in [2.45, 2.75) is 4.90 Å². The number of phenols is 1. The number of rotatable bonds is 2. The lowest BCUT2D eigenvalue weighted by Gasteiger charge is -2.04. The predicted octanol–water partition coefficient (Wildman–Crippen LogP) is 1.06. The summed E-state index contributed by atoms with van der Waals surface area (Å²) in [6.07, 6.45) is 0. The standard InChI is InChI=1S/C7H8BrNO3S/c1-9-13(11,12)7-4-5(8)2-3-6(7)10/h2-4,9-10H,1H3. The van der Waals surface area contributed by atoms with Crippen molar-refractivity contribution in [1.82, 2.24) is 4.72 Å². The average Bonchev–Trinajstić information content (AvgIpc) is 2.09. The highest BCUT2D eigenvalue weighted by Gasteiger charge is 2.16. The Hall–Kier alpha value is -0.590. The highest BCUT2D eigenvalue weighted by molar-refractivity contribution is 9.10. The molecule has 0 saturated carbocycles. The Labute approximate surface area is 84.8 Å². The molecular weight excluding hydrogens is 258 g/mol. The summed E-state index contributed by atoms with van der Waals surface area (Å²) in [5.74, 6) is -0.266. The third kappa shape index (κ3) is 2.20. The number of aromatic hydroxyl groups is 1. The number of hydrogen-bond acceptors (Lipinski definition) is 3. The molecule has 0 aliphatic rings. The summed E-state index contributed by atoms with van der Waals surface area (Å²) in [5, 5.41) is 9.26. The van der Waals surface area contributed by atoms with E-state index in [2.05, 4.69) is 20.7 Å². The first-order valence-electron chi connectivity index (χ1n) is 3.39. The molecule has 4 nitrogen and oxygen atoms in total. The SMILES string of the molecule is CNS(=O)(=O)c1cc(Br)ccc1O. The molecule has 1 aromatic carbocycles. The quantitative estimate of drug-likeness (QED) is 0.841. The lowest BCUT2D eigenvalue weighted by atomic mass is 10.3. The zero-order valence-electron chi connectivity index (χ0n) is 6.78. The fourth-order valence-electron chi connectivity index (χ4n) is 0.813. The molecule has 6 heteroatoms. The molecule has 0 atom stereocenters. The Morgan fingerprint density at radius 1 is 1.46 bits per heavy atom. The monoisotopic (exact) mass is 265 g/mol. The predicted molar refractivity (Wildman–Crippen MR) is 52.1 cm³/mol. The van der Waals surface area contributed by atoms with Crippen LogP contribution in [0.3, 0.4) is 0 Å². The minimum Gasteiger partial charge on any atom is -0.507 e. The van der Waals surface area contributed by atoms with Crippen molar-refractivity contribution < 1.29 is 13.5 Å². The van der Waals surface area contributed by atoms with Crippen LogP contribution in [-0.4, -0.2) is 20.6 Å². The van der Waals surface area contributed by atoms with E-state index < -0.39 is 10.0 Å². The summed E-state index contributed by atoms with van der Waals surface area (Å²) >= 11 is 3.11. The van der Waals surface area contributed by atoms with Crippen molar-refractivity contribution in [2.24, 2.45) is 0 Å². The topological polar surface area (TPSA) is 66.4 Å². The molecule has 0 bridgehead atoms. The summed E-state index contributed by atoms with van der Waals surface area (Å²) in [4.78, 5) is -0.135. The number of nitrogens with one attached hydrogen (secondary N) is 1. The fraction of sp³-hybridized carbons (Fsp3) is 0.143. The lowest BCUT2D eigenvalue weighted by molar-refractivity contribution is 0.458. The van der Waals surface area contributed by atoms with Gasteiger partial charge >= 0.3 is 0 Å². The van der Waals surface area contributed by atoms with Gasteiger partial charge in [-0.2, -0.15) is 0 Å². The van der Waals surface area contributed by atoms with Gasteiger partial charge in [0.1, 0.15) is 10.6 Å². The lowest BCUT2D eigenvalue weighted by Crippen LogP contribution is -2.18. The van der Waals surface area contributed by atoms with Gasteiger partial charge < -0.3 is 5.11 Å². The first-order valence-corrected chi connectivity index (χ1v) is 5.67. The van der Waals surface area contributed by atoms with Crippen LogP contribution < -0.4 is 4.72 Å². The molecule has 0 unspecified atom stereocenters. The molecule has 0 aliphatic carbocycles. The molecule has 0 aliphatic heterocycles. The van der Waals surface area contributed by atoms with Crippen LogP contribution in [0.4, 0.5) is 0 Å². The molecule has 0 radical (unpaired) electrons. The van der Waals surface area contributed by atoms with E-state index in [0.717, 1.165) is 0 Å². The fourth-order valence-corrected chi connectivity index (χ4v) is 2.17. The summed E-state index contributed by atoms with van der Waals surface area (Å²) in [6, 6.07) is 4.21. The first-order chi connectivity index (χ1) is 5.97. The summed E-state index contributed by atoms with van der Waals surface area (Å²) < 4.78 is 25.3. The Kier molecular flexibility index (Phi) is 2.94. The molecule has 13 heavy (non-hydrogen) atoms. The van der Waals surface area contributed by atoms with Gasteiger partial charge in [-0.05, 0) is 25.2 Å². The largest absolute Gasteiger partial charge is 0.507 e. The Morgan fingerprint density at radius 3 is 2.62 bits per heavy atom. The van der Waals surface area contributed by atoms with E-state index in [1.165, 1.54) is 19.2 Å². The van der Waals surface area contributed by atoms with E-state index in [-0.39, 0.29) is 10.6 Å². The van der Waals surface area contributed by atoms with Crippen LogP contribution in [0.2, 0.25) is 0 Å². The smallest absolute Gasteiger partial charge is 0.244 e. The van der Waals surface area contributed by atoms with E-state index in [1.807, 2.05) is 0 Å². The van der Waals surface area contributed by atoms with Crippen molar-refractivity contribution in [3.8, 4) is 5.75 Å². The summed E-state index contributed by atoms with van der Waals surface area (Å²) in [7, 11) is -2.29. The second kappa shape index (κ2) is 3.65. The van der Waals surface area contributed by atoms with Crippen LogP contribution in [0.15, 0.2) is 27.6 Å². The molecule has 0 fully saturated rings.